The lowest BCUT2D eigenvalue weighted by atomic mass is 9.83. The van der Waals surface area contributed by atoms with Gasteiger partial charge in [-0.3, -0.25) is 9.59 Å². The molecule has 1 aliphatic heterocycles. The summed E-state index contributed by atoms with van der Waals surface area (Å²) in [4.78, 5) is 26.6. The average Bonchev–Trinajstić information content (AvgIpc) is 2.36. The molecule has 21 heavy (non-hydrogen) atoms. The van der Waals surface area contributed by atoms with Gasteiger partial charge in [-0.2, -0.15) is 0 Å². The molecule has 114 valence electrons. The van der Waals surface area contributed by atoms with Gasteiger partial charge in [-0.15, -0.1) is 0 Å². The molecule has 0 spiro atoms. The number of carbonyl (C=O) groups is 2. The van der Waals surface area contributed by atoms with Crippen molar-refractivity contribution in [2.75, 3.05) is 0 Å². The van der Waals surface area contributed by atoms with E-state index in [1.807, 2.05) is 45.0 Å². The Morgan fingerprint density at radius 2 is 1.76 bits per heavy atom. The predicted octanol–water partition coefficient (Wildman–Crippen LogP) is 2.55. The van der Waals surface area contributed by atoms with Gasteiger partial charge in [0.2, 0.25) is 11.8 Å². The summed E-state index contributed by atoms with van der Waals surface area (Å²) < 4.78 is 1.15. The Balaban J connectivity index is 2.32. The number of carbonyl (C=O) groups excluding carboxylic acids is 2. The fourth-order valence-corrected chi connectivity index (χ4v) is 3.05. The largest absolute Gasteiger partial charge is 0.343 e. The summed E-state index contributed by atoms with van der Waals surface area (Å²) in [7, 11) is 0. The van der Waals surface area contributed by atoms with Crippen LogP contribution in [-0.2, 0) is 16.1 Å². The van der Waals surface area contributed by atoms with Crippen LogP contribution in [0.15, 0.2) is 24.3 Å². The van der Waals surface area contributed by atoms with Gasteiger partial charge in [0.1, 0.15) is 12.1 Å². The second kappa shape index (κ2) is 5.94. The summed E-state index contributed by atoms with van der Waals surface area (Å²) in [6, 6.07) is 7.14. The van der Waals surface area contributed by atoms with E-state index in [0.717, 1.165) is 9.13 Å². The minimum Gasteiger partial charge on any atom is -0.343 e. The molecule has 2 unspecified atom stereocenters. The molecular formula is C16H21IN2O2. The maximum absolute atomic E-state index is 12.5. The first-order valence-electron chi connectivity index (χ1n) is 7.05. The molecule has 0 aromatic heterocycles. The number of piperazine rings is 1. The van der Waals surface area contributed by atoms with Crippen LogP contribution in [0.3, 0.4) is 0 Å². The second-order valence-electron chi connectivity index (χ2n) is 6.59. The summed E-state index contributed by atoms with van der Waals surface area (Å²) in [6.07, 6.45) is 0. The lowest BCUT2D eigenvalue weighted by molar-refractivity contribution is -0.154. The second-order valence-corrected chi connectivity index (χ2v) is 7.84. The zero-order valence-electron chi connectivity index (χ0n) is 12.8. The third-order valence-corrected chi connectivity index (χ3v) is 4.38. The summed E-state index contributed by atoms with van der Waals surface area (Å²) in [5, 5.41) is 2.78. The van der Waals surface area contributed by atoms with Crippen molar-refractivity contribution in [3.8, 4) is 0 Å². The van der Waals surface area contributed by atoms with E-state index < -0.39 is 12.1 Å². The molecular weight excluding hydrogens is 379 g/mol. The normalized spacial score (nSPS) is 23.2. The fourth-order valence-electron chi connectivity index (χ4n) is 2.69. The monoisotopic (exact) mass is 400 g/mol. The van der Waals surface area contributed by atoms with Gasteiger partial charge < -0.3 is 10.2 Å². The Morgan fingerprint density at radius 1 is 1.19 bits per heavy atom. The highest BCUT2D eigenvalue weighted by Crippen LogP contribution is 2.29. The zero-order chi connectivity index (χ0) is 15.8. The first-order chi connectivity index (χ1) is 9.70. The van der Waals surface area contributed by atoms with Crippen LogP contribution in [0.5, 0.6) is 0 Å². The van der Waals surface area contributed by atoms with Gasteiger partial charge >= 0.3 is 0 Å². The Bertz CT molecular complexity index is 548. The van der Waals surface area contributed by atoms with Gasteiger partial charge in [-0.1, -0.05) is 32.9 Å². The topological polar surface area (TPSA) is 49.4 Å². The quantitative estimate of drug-likeness (QED) is 0.776. The molecule has 2 amide bonds. The van der Waals surface area contributed by atoms with E-state index in [9.17, 15) is 9.59 Å². The SMILES string of the molecule is CC1NC(=O)C(C(C)(C)C)N(Cc2ccc(I)cc2)C1=O. The number of nitrogens with one attached hydrogen (secondary N) is 1. The average molecular weight is 400 g/mol. The molecule has 0 radical (unpaired) electrons. The molecule has 2 atom stereocenters. The van der Waals surface area contributed by atoms with E-state index in [0.29, 0.717) is 6.54 Å². The van der Waals surface area contributed by atoms with Crippen molar-refractivity contribution in [1.82, 2.24) is 10.2 Å². The number of amides is 2. The molecule has 5 heteroatoms. The van der Waals surface area contributed by atoms with Gasteiger partial charge in [0, 0.05) is 10.1 Å². The van der Waals surface area contributed by atoms with E-state index in [2.05, 4.69) is 27.9 Å². The van der Waals surface area contributed by atoms with Crippen molar-refractivity contribution < 1.29 is 9.59 Å². The van der Waals surface area contributed by atoms with Crippen LogP contribution in [0, 0.1) is 8.99 Å². The molecule has 1 N–H and O–H groups in total. The van der Waals surface area contributed by atoms with Crippen LogP contribution in [0.4, 0.5) is 0 Å². The molecule has 1 fully saturated rings. The van der Waals surface area contributed by atoms with Crippen LogP contribution in [0.25, 0.3) is 0 Å². The van der Waals surface area contributed by atoms with E-state index in [4.69, 9.17) is 0 Å². The maximum Gasteiger partial charge on any atom is 0.245 e. The van der Waals surface area contributed by atoms with Crippen LogP contribution in [0.2, 0.25) is 0 Å². The van der Waals surface area contributed by atoms with Gasteiger partial charge in [0.05, 0.1) is 0 Å². The fraction of sp³-hybridized carbons (Fsp3) is 0.500. The number of benzene rings is 1. The van der Waals surface area contributed by atoms with Crippen molar-refractivity contribution in [2.45, 2.75) is 46.3 Å². The molecule has 0 aliphatic carbocycles. The number of nitrogens with zero attached hydrogens (tertiary/aromatic N) is 1. The lowest BCUT2D eigenvalue weighted by Crippen LogP contribution is -2.65. The molecule has 1 aliphatic rings. The highest BCUT2D eigenvalue weighted by atomic mass is 127. The van der Waals surface area contributed by atoms with E-state index in [1.54, 1.807) is 11.8 Å². The highest BCUT2D eigenvalue weighted by Gasteiger charge is 2.44. The molecule has 1 aromatic rings. The van der Waals surface area contributed by atoms with Crippen molar-refractivity contribution >= 4 is 34.4 Å². The van der Waals surface area contributed by atoms with Crippen LogP contribution >= 0.6 is 22.6 Å². The van der Waals surface area contributed by atoms with Gasteiger partial charge in [-0.25, -0.2) is 0 Å². The number of hydrogen-bond acceptors (Lipinski definition) is 2. The summed E-state index contributed by atoms with van der Waals surface area (Å²) in [5.41, 5.74) is 0.739. The van der Waals surface area contributed by atoms with Crippen LogP contribution in [-0.4, -0.2) is 28.8 Å². The van der Waals surface area contributed by atoms with Gasteiger partial charge in [0.15, 0.2) is 0 Å². The summed E-state index contributed by atoms with van der Waals surface area (Å²) >= 11 is 2.25. The molecule has 0 saturated carbocycles. The Morgan fingerprint density at radius 3 is 2.29 bits per heavy atom. The standard InChI is InChI=1S/C16H21IN2O2/c1-10-15(21)19(9-11-5-7-12(17)8-6-11)13(14(20)18-10)16(2,3)4/h5-8,10,13H,9H2,1-4H3,(H,18,20). The molecule has 1 aromatic carbocycles. The minimum absolute atomic E-state index is 0.0203. The third-order valence-electron chi connectivity index (χ3n) is 3.66. The predicted molar refractivity (Wildman–Crippen MR) is 90.6 cm³/mol. The Hall–Kier alpha value is -1.11. The lowest BCUT2D eigenvalue weighted by Gasteiger charge is -2.44. The first-order valence-corrected chi connectivity index (χ1v) is 8.13. The number of halogens is 1. The van der Waals surface area contributed by atoms with Crippen molar-refractivity contribution in [1.29, 1.82) is 0 Å². The zero-order valence-corrected chi connectivity index (χ0v) is 15.0. The molecule has 0 bridgehead atoms. The summed E-state index contributed by atoms with van der Waals surface area (Å²) in [6.45, 7) is 8.17. The van der Waals surface area contributed by atoms with E-state index in [-0.39, 0.29) is 17.2 Å². The van der Waals surface area contributed by atoms with Crippen molar-refractivity contribution in [3.05, 3.63) is 33.4 Å². The maximum atomic E-state index is 12.5. The molecule has 4 nitrogen and oxygen atoms in total. The van der Waals surface area contributed by atoms with Crippen LogP contribution < -0.4 is 5.32 Å². The minimum atomic E-state index is -0.458. The van der Waals surface area contributed by atoms with E-state index >= 15 is 0 Å². The van der Waals surface area contributed by atoms with Gasteiger partial charge in [-0.05, 0) is 52.6 Å². The molecule has 1 heterocycles. The van der Waals surface area contributed by atoms with E-state index in [1.165, 1.54) is 0 Å². The highest BCUT2D eigenvalue weighted by molar-refractivity contribution is 14.1. The van der Waals surface area contributed by atoms with Gasteiger partial charge in [0.25, 0.3) is 0 Å². The summed E-state index contributed by atoms with van der Waals surface area (Å²) in [5.74, 6) is -0.0896. The molecule has 1 saturated heterocycles. The number of rotatable bonds is 2. The van der Waals surface area contributed by atoms with Crippen LogP contribution in [0.1, 0.15) is 33.3 Å². The molecule has 2 rings (SSSR count). The smallest absolute Gasteiger partial charge is 0.245 e. The van der Waals surface area contributed by atoms with Crippen molar-refractivity contribution in [2.24, 2.45) is 5.41 Å². The van der Waals surface area contributed by atoms with Crippen molar-refractivity contribution in [3.63, 3.8) is 0 Å². The Kier molecular flexibility index (Phi) is 4.60. The third kappa shape index (κ3) is 3.56. The number of hydrogen-bond donors (Lipinski definition) is 1. The Labute approximate surface area is 139 Å². The first kappa shape index (κ1) is 16.3.